The van der Waals surface area contributed by atoms with Crippen LogP contribution in [0.3, 0.4) is 0 Å². The molecule has 3 heteroatoms. The van der Waals surface area contributed by atoms with Gasteiger partial charge in [0.15, 0.2) is 0 Å². The lowest BCUT2D eigenvalue weighted by molar-refractivity contribution is -0.152. The van der Waals surface area contributed by atoms with Crippen LogP contribution < -0.4 is 0 Å². The fourth-order valence-electron chi connectivity index (χ4n) is 0.768. The summed E-state index contributed by atoms with van der Waals surface area (Å²) in [5.41, 5.74) is -0.406. The maximum absolute atomic E-state index is 11.2. The minimum absolute atomic E-state index is 0.0159. The molecular weight excluding hydrogens is 178 g/mol. The number of esters is 1. The van der Waals surface area contributed by atoms with Gasteiger partial charge in [-0.05, 0) is 26.2 Å². The number of hydrogen-bond acceptors (Lipinski definition) is 3. The molecule has 0 aromatic heterocycles. The predicted octanol–water partition coefficient (Wildman–Crippen LogP) is 2.45. The normalized spacial score (nSPS) is 13.3. The Morgan fingerprint density at radius 3 is 2.07 bits per heavy atom. The molecule has 0 bridgehead atoms. The van der Waals surface area contributed by atoms with Gasteiger partial charge in [-0.1, -0.05) is 20.8 Å². The molecule has 0 amide bonds. The molecule has 0 saturated heterocycles. The van der Waals surface area contributed by atoms with Crippen LogP contribution >= 0.6 is 0 Å². The SMILES string of the molecule is CC(C)(C)C=NCC(=O)OC(C)(C)C. The van der Waals surface area contributed by atoms with Gasteiger partial charge in [0, 0.05) is 6.21 Å². The van der Waals surface area contributed by atoms with Crippen molar-refractivity contribution in [2.24, 2.45) is 10.4 Å². The molecule has 0 saturated carbocycles. The van der Waals surface area contributed by atoms with E-state index in [1.54, 1.807) is 6.21 Å². The Morgan fingerprint density at radius 1 is 1.21 bits per heavy atom. The number of carbonyl (C=O) groups excluding carboxylic acids is 1. The highest BCUT2D eigenvalue weighted by Gasteiger charge is 2.15. The van der Waals surface area contributed by atoms with Crippen molar-refractivity contribution in [3.8, 4) is 0 Å². The first kappa shape index (κ1) is 13.1. The van der Waals surface area contributed by atoms with Crippen molar-refractivity contribution >= 4 is 12.2 Å². The third kappa shape index (κ3) is 9.23. The van der Waals surface area contributed by atoms with Gasteiger partial charge in [0.25, 0.3) is 0 Å². The Bertz CT molecular complexity index is 218. The second kappa shape index (κ2) is 4.58. The first-order valence-corrected chi connectivity index (χ1v) is 4.83. The maximum atomic E-state index is 11.2. The van der Waals surface area contributed by atoms with Gasteiger partial charge in [-0.3, -0.25) is 9.79 Å². The lowest BCUT2D eigenvalue weighted by Crippen LogP contribution is -2.25. The van der Waals surface area contributed by atoms with Crippen molar-refractivity contribution in [3.05, 3.63) is 0 Å². The number of aliphatic imine (C=N–C) groups is 1. The van der Waals surface area contributed by atoms with Crippen LogP contribution in [-0.4, -0.2) is 24.3 Å². The number of ether oxygens (including phenoxy) is 1. The van der Waals surface area contributed by atoms with Gasteiger partial charge in [-0.15, -0.1) is 0 Å². The van der Waals surface area contributed by atoms with Crippen molar-refractivity contribution < 1.29 is 9.53 Å². The second-order valence-corrected chi connectivity index (χ2v) is 5.42. The topological polar surface area (TPSA) is 38.7 Å². The van der Waals surface area contributed by atoms with Crippen LogP contribution in [0.2, 0.25) is 0 Å². The minimum atomic E-state index is -0.422. The van der Waals surface area contributed by atoms with Gasteiger partial charge in [-0.2, -0.15) is 0 Å². The van der Waals surface area contributed by atoms with Gasteiger partial charge in [-0.25, -0.2) is 0 Å². The molecule has 0 spiro atoms. The molecule has 0 aromatic carbocycles. The summed E-state index contributed by atoms with van der Waals surface area (Å²) in [6.07, 6.45) is 1.77. The van der Waals surface area contributed by atoms with Gasteiger partial charge < -0.3 is 4.74 Å². The fraction of sp³-hybridized carbons (Fsp3) is 0.818. The molecule has 0 fully saturated rings. The van der Waals surface area contributed by atoms with Crippen LogP contribution in [0.5, 0.6) is 0 Å². The number of carbonyl (C=O) groups is 1. The summed E-state index contributed by atoms with van der Waals surface area (Å²) in [5, 5.41) is 0. The van der Waals surface area contributed by atoms with Gasteiger partial charge in [0.1, 0.15) is 12.1 Å². The van der Waals surface area contributed by atoms with Crippen molar-refractivity contribution in [2.45, 2.75) is 47.1 Å². The fourth-order valence-corrected chi connectivity index (χ4v) is 0.768. The summed E-state index contributed by atoms with van der Waals surface area (Å²) in [7, 11) is 0. The Labute approximate surface area is 86.6 Å². The zero-order valence-corrected chi connectivity index (χ0v) is 10.0. The first-order valence-electron chi connectivity index (χ1n) is 4.83. The molecule has 0 aliphatic carbocycles. The van der Waals surface area contributed by atoms with E-state index in [1.165, 1.54) is 0 Å². The smallest absolute Gasteiger partial charge is 0.328 e. The zero-order valence-electron chi connectivity index (χ0n) is 10.0. The van der Waals surface area contributed by atoms with E-state index in [9.17, 15) is 4.79 Å². The summed E-state index contributed by atoms with van der Waals surface area (Å²) < 4.78 is 5.10. The molecule has 0 atom stereocenters. The lowest BCUT2D eigenvalue weighted by atomic mass is 9.99. The van der Waals surface area contributed by atoms with Gasteiger partial charge >= 0.3 is 5.97 Å². The quantitative estimate of drug-likeness (QED) is 0.506. The average molecular weight is 199 g/mol. The van der Waals surface area contributed by atoms with E-state index < -0.39 is 5.60 Å². The van der Waals surface area contributed by atoms with Crippen LogP contribution in [0.15, 0.2) is 4.99 Å². The molecule has 0 aliphatic rings. The summed E-state index contributed by atoms with van der Waals surface area (Å²) in [6.45, 7) is 11.7. The molecule has 0 N–H and O–H groups in total. The third-order valence-corrected chi connectivity index (χ3v) is 1.12. The standard InChI is InChI=1S/C11H21NO2/c1-10(2,3)8-12-7-9(13)14-11(4,5)6/h8H,7H2,1-6H3. The van der Waals surface area contributed by atoms with E-state index in [2.05, 4.69) is 4.99 Å². The molecule has 14 heavy (non-hydrogen) atoms. The largest absolute Gasteiger partial charge is 0.459 e. The summed E-state index contributed by atoms with van der Waals surface area (Å²) in [6, 6.07) is 0. The lowest BCUT2D eigenvalue weighted by Gasteiger charge is -2.18. The Hall–Kier alpha value is -0.860. The van der Waals surface area contributed by atoms with E-state index in [1.807, 2.05) is 41.5 Å². The van der Waals surface area contributed by atoms with Gasteiger partial charge in [0.05, 0.1) is 0 Å². The van der Waals surface area contributed by atoms with Crippen molar-refractivity contribution in [1.82, 2.24) is 0 Å². The number of nitrogens with zero attached hydrogens (tertiary/aromatic N) is 1. The average Bonchev–Trinajstić information content (AvgIpc) is 1.78. The van der Waals surface area contributed by atoms with E-state index in [0.717, 1.165) is 0 Å². The highest BCUT2D eigenvalue weighted by molar-refractivity contribution is 5.75. The third-order valence-electron chi connectivity index (χ3n) is 1.12. The van der Waals surface area contributed by atoms with Crippen LogP contribution in [0.1, 0.15) is 41.5 Å². The van der Waals surface area contributed by atoms with Crippen LogP contribution in [-0.2, 0) is 9.53 Å². The van der Waals surface area contributed by atoms with Crippen molar-refractivity contribution in [2.75, 3.05) is 6.54 Å². The maximum Gasteiger partial charge on any atom is 0.328 e. The zero-order chi connectivity index (χ0) is 11.4. The molecule has 0 radical (unpaired) electrons. The summed E-state index contributed by atoms with van der Waals surface area (Å²) in [4.78, 5) is 15.2. The van der Waals surface area contributed by atoms with E-state index >= 15 is 0 Å². The van der Waals surface area contributed by atoms with Crippen LogP contribution in [0, 0.1) is 5.41 Å². The molecule has 0 unspecified atom stereocenters. The molecule has 0 aliphatic heterocycles. The Balaban J connectivity index is 3.93. The predicted molar refractivity (Wildman–Crippen MR) is 58.7 cm³/mol. The molecule has 0 heterocycles. The van der Waals surface area contributed by atoms with Crippen molar-refractivity contribution in [3.63, 3.8) is 0 Å². The summed E-state index contributed by atoms with van der Waals surface area (Å²) in [5.74, 6) is -0.280. The molecule has 82 valence electrons. The van der Waals surface area contributed by atoms with E-state index in [4.69, 9.17) is 4.74 Å². The highest BCUT2D eigenvalue weighted by atomic mass is 16.6. The number of hydrogen-bond donors (Lipinski definition) is 0. The number of rotatable bonds is 2. The van der Waals surface area contributed by atoms with Gasteiger partial charge in [0.2, 0.25) is 0 Å². The molecule has 3 nitrogen and oxygen atoms in total. The Morgan fingerprint density at radius 2 is 1.71 bits per heavy atom. The monoisotopic (exact) mass is 199 g/mol. The van der Waals surface area contributed by atoms with Crippen LogP contribution in [0.4, 0.5) is 0 Å². The van der Waals surface area contributed by atoms with E-state index in [0.29, 0.717) is 0 Å². The highest BCUT2D eigenvalue weighted by Crippen LogP contribution is 2.09. The summed E-state index contributed by atoms with van der Waals surface area (Å²) >= 11 is 0. The van der Waals surface area contributed by atoms with Crippen molar-refractivity contribution in [1.29, 1.82) is 0 Å². The molecule has 0 rings (SSSR count). The van der Waals surface area contributed by atoms with Crippen LogP contribution in [0.25, 0.3) is 0 Å². The molecular formula is C11H21NO2. The van der Waals surface area contributed by atoms with E-state index in [-0.39, 0.29) is 17.9 Å². The second-order valence-electron chi connectivity index (χ2n) is 5.42. The molecule has 0 aromatic rings. The Kier molecular flexibility index (Phi) is 4.30. The first-order chi connectivity index (χ1) is 6.10. The minimum Gasteiger partial charge on any atom is -0.459 e.